The predicted molar refractivity (Wildman–Crippen MR) is 87.6 cm³/mol. The molecule has 3 heterocycles. The van der Waals surface area contributed by atoms with E-state index in [1.165, 1.54) is 33.3 Å². The smallest absolute Gasteiger partial charge is 0.125 e. The van der Waals surface area contributed by atoms with Crippen molar-refractivity contribution >= 4 is 10.9 Å². The van der Waals surface area contributed by atoms with Crippen molar-refractivity contribution in [2.75, 3.05) is 6.54 Å². The summed E-state index contributed by atoms with van der Waals surface area (Å²) in [5.74, 6) is 0.864. The molecule has 22 heavy (non-hydrogen) atoms. The van der Waals surface area contributed by atoms with Crippen LogP contribution in [0.2, 0.25) is 0 Å². The molecule has 1 aliphatic heterocycles. The molecule has 0 atom stereocenters. The summed E-state index contributed by atoms with van der Waals surface area (Å²) >= 11 is 0. The van der Waals surface area contributed by atoms with Crippen molar-refractivity contribution < 1.29 is 0 Å². The third-order valence-corrected chi connectivity index (χ3v) is 4.46. The van der Waals surface area contributed by atoms with Gasteiger partial charge in [0.05, 0.1) is 5.69 Å². The van der Waals surface area contributed by atoms with Crippen LogP contribution in [-0.4, -0.2) is 26.4 Å². The molecular weight excluding hydrogens is 272 g/mol. The fourth-order valence-electron chi connectivity index (χ4n) is 3.26. The zero-order valence-corrected chi connectivity index (χ0v) is 13.1. The highest BCUT2D eigenvalue weighted by Crippen LogP contribution is 2.24. The Morgan fingerprint density at radius 1 is 1.27 bits per heavy atom. The quantitative estimate of drug-likeness (QED) is 0.789. The highest BCUT2D eigenvalue weighted by atomic mass is 15.1. The summed E-state index contributed by atoms with van der Waals surface area (Å²) in [5, 5.41) is 1.34. The zero-order valence-electron chi connectivity index (χ0n) is 13.1. The monoisotopic (exact) mass is 292 g/mol. The van der Waals surface area contributed by atoms with Gasteiger partial charge in [-0.25, -0.2) is 9.97 Å². The van der Waals surface area contributed by atoms with E-state index in [0.717, 1.165) is 31.9 Å². The highest BCUT2D eigenvalue weighted by Gasteiger charge is 2.19. The Bertz CT molecular complexity index is 834. The van der Waals surface area contributed by atoms with Gasteiger partial charge in [0.25, 0.3) is 0 Å². The number of hydrogen-bond acceptors (Lipinski definition) is 3. The van der Waals surface area contributed by atoms with Crippen LogP contribution in [0.1, 0.15) is 28.2 Å². The Balaban J connectivity index is 1.60. The lowest BCUT2D eigenvalue weighted by Gasteiger charge is -2.27. The SMILES string of the molecule is Cc1ccc2[nH]cc(CN3CCc4cnc(C)nc4C3)c2c1. The molecule has 0 fully saturated rings. The number of aromatic amines is 1. The maximum atomic E-state index is 4.61. The summed E-state index contributed by atoms with van der Waals surface area (Å²) in [6.45, 7) is 7.05. The number of hydrogen-bond donors (Lipinski definition) is 1. The van der Waals surface area contributed by atoms with Crippen molar-refractivity contribution in [2.45, 2.75) is 33.4 Å². The lowest BCUT2D eigenvalue weighted by atomic mass is 10.1. The molecule has 0 unspecified atom stereocenters. The van der Waals surface area contributed by atoms with Gasteiger partial charge in [-0.1, -0.05) is 11.6 Å². The molecule has 0 aliphatic carbocycles. The Morgan fingerprint density at radius 3 is 3.09 bits per heavy atom. The molecular formula is C18H20N4. The summed E-state index contributed by atoms with van der Waals surface area (Å²) in [4.78, 5) is 14.8. The first-order chi connectivity index (χ1) is 10.7. The van der Waals surface area contributed by atoms with Crippen LogP contribution < -0.4 is 0 Å². The minimum atomic E-state index is 0.864. The van der Waals surface area contributed by atoms with Crippen LogP contribution in [0.3, 0.4) is 0 Å². The number of nitrogens with one attached hydrogen (secondary N) is 1. The van der Waals surface area contributed by atoms with Crippen molar-refractivity contribution in [2.24, 2.45) is 0 Å². The van der Waals surface area contributed by atoms with Crippen LogP contribution in [-0.2, 0) is 19.5 Å². The van der Waals surface area contributed by atoms with Crippen LogP contribution in [0.25, 0.3) is 10.9 Å². The summed E-state index contributed by atoms with van der Waals surface area (Å²) < 4.78 is 0. The highest BCUT2D eigenvalue weighted by molar-refractivity contribution is 5.83. The van der Waals surface area contributed by atoms with Crippen molar-refractivity contribution in [1.82, 2.24) is 19.9 Å². The summed E-state index contributed by atoms with van der Waals surface area (Å²) in [7, 11) is 0. The van der Waals surface area contributed by atoms with E-state index in [1.54, 1.807) is 0 Å². The molecule has 1 aliphatic rings. The summed E-state index contributed by atoms with van der Waals surface area (Å²) in [5.41, 5.74) is 6.39. The molecule has 4 nitrogen and oxygen atoms in total. The first kappa shape index (κ1) is 13.5. The number of rotatable bonds is 2. The number of aryl methyl sites for hydroxylation is 2. The Morgan fingerprint density at radius 2 is 2.18 bits per heavy atom. The molecule has 0 saturated heterocycles. The lowest BCUT2D eigenvalue weighted by molar-refractivity contribution is 0.241. The maximum absolute atomic E-state index is 4.61. The fourth-order valence-corrected chi connectivity index (χ4v) is 3.26. The van der Waals surface area contributed by atoms with Gasteiger partial charge in [-0.05, 0) is 43.5 Å². The number of fused-ring (bicyclic) bond motifs is 2. The second-order valence-electron chi connectivity index (χ2n) is 6.21. The van der Waals surface area contributed by atoms with Gasteiger partial charge in [-0.3, -0.25) is 4.90 Å². The molecule has 112 valence electrons. The molecule has 2 aromatic heterocycles. The van der Waals surface area contributed by atoms with E-state index in [9.17, 15) is 0 Å². The number of benzene rings is 1. The molecule has 3 aromatic rings. The van der Waals surface area contributed by atoms with E-state index in [1.807, 2.05) is 13.1 Å². The summed E-state index contributed by atoms with van der Waals surface area (Å²) in [6.07, 6.45) is 5.17. The number of aromatic nitrogens is 3. The third kappa shape index (κ3) is 2.40. The summed E-state index contributed by atoms with van der Waals surface area (Å²) in [6, 6.07) is 6.58. The van der Waals surface area contributed by atoms with Gasteiger partial charge < -0.3 is 4.98 Å². The molecule has 4 heteroatoms. The lowest BCUT2D eigenvalue weighted by Crippen LogP contribution is -2.31. The molecule has 0 amide bonds. The van der Waals surface area contributed by atoms with Crippen LogP contribution in [0.15, 0.2) is 30.6 Å². The van der Waals surface area contributed by atoms with Gasteiger partial charge in [-0.2, -0.15) is 0 Å². The van der Waals surface area contributed by atoms with Crippen LogP contribution in [0.5, 0.6) is 0 Å². The first-order valence-corrected chi connectivity index (χ1v) is 7.79. The first-order valence-electron chi connectivity index (χ1n) is 7.79. The van der Waals surface area contributed by atoms with Gasteiger partial charge in [-0.15, -0.1) is 0 Å². The average molecular weight is 292 g/mol. The van der Waals surface area contributed by atoms with E-state index in [0.29, 0.717) is 0 Å². The Labute approximate surface area is 130 Å². The van der Waals surface area contributed by atoms with Gasteiger partial charge in [0, 0.05) is 42.9 Å². The van der Waals surface area contributed by atoms with Crippen LogP contribution >= 0.6 is 0 Å². The van der Waals surface area contributed by atoms with Gasteiger partial charge in [0.15, 0.2) is 0 Å². The maximum Gasteiger partial charge on any atom is 0.125 e. The molecule has 0 radical (unpaired) electrons. The number of nitrogens with zero attached hydrogens (tertiary/aromatic N) is 3. The van der Waals surface area contributed by atoms with E-state index in [2.05, 4.69) is 51.2 Å². The minimum Gasteiger partial charge on any atom is -0.361 e. The van der Waals surface area contributed by atoms with Crippen molar-refractivity contribution in [3.05, 3.63) is 58.8 Å². The Kier molecular flexibility index (Phi) is 3.19. The fraction of sp³-hybridized carbons (Fsp3) is 0.333. The standard InChI is InChI=1S/C18H20N4/c1-12-3-4-17-16(7-12)15(9-20-17)10-22-6-5-14-8-19-13(2)21-18(14)11-22/h3-4,7-9,20H,5-6,10-11H2,1-2H3. The second kappa shape index (κ2) is 5.21. The average Bonchev–Trinajstić information content (AvgIpc) is 2.89. The molecule has 0 saturated carbocycles. The van der Waals surface area contributed by atoms with E-state index in [4.69, 9.17) is 0 Å². The predicted octanol–water partition coefficient (Wildman–Crippen LogP) is 3.13. The van der Waals surface area contributed by atoms with Gasteiger partial charge >= 0.3 is 0 Å². The molecule has 0 bridgehead atoms. The van der Waals surface area contributed by atoms with Crippen molar-refractivity contribution in [1.29, 1.82) is 0 Å². The van der Waals surface area contributed by atoms with Gasteiger partial charge in [0.2, 0.25) is 0 Å². The van der Waals surface area contributed by atoms with Crippen molar-refractivity contribution in [3.63, 3.8) is 0 Å². The van der Waals surface area contributed by atoms with E-state index in [-0.39, 0.29) is 0 Å². The molecule has 4 rings (SSSR count). The van der Waals surface area contributed by atoms with Crippen LogP contribution in [0, 0.1) is 13.8 Å². The number of H-pyrrole nitrogens is 1. The largest absolute Gasteiger partial charge is 0.361 e. The van der Waals surface area contributed by atoms with Gasteiger partial charge in [0.1, 0.15) is 5.82 Å². The Hall–Kier alpha value is -2.20. The van der Waals surface area contributed by atoms with Crippen LogP contribution in [0.4, 0.5) is 0 Å². The third-order valence-electron chi connectivity index (χ3n) is 4.46. The molecule has 1 N–H and O–H groups in total. The second-order valence-corrected chi connectivity index (χ2v) is 6.21. The zero-order chi connectivity index (χ0) is 15.1. The minimum absolute atomic E-state index is 0.864. The molecule has 0 spiro atoms. The van der Waals surface area contributed by atoms with Crippen molar-refractivity contribution in [3.8, 4) is 0 Å². The topological polar surface area (TPSA) is 44.8 Å². The normalized spacial score (nSPS) is 15.2. The molecule has 1 aromatic carbocycles. The van der Waals surface area contributed by atoms with E-state index < -0.39 is 0 Å². The van der Waals surface area contributed by atoms with E-state index >= 15 is 0 Å².